The van der Waals surface area contributed by atoms with Crippen LogP contribution in [0.4, 0.5) is 5.69 Å². The monoisotopic (exact) mass is 236 g/mol. The van der Waals surface area contributed by atoms with E-state index in [1.165, 1.54) is 0 Å². The Balaban J connectivity index is 1.61. The van der Waals surface area contributed by atoms with Crippen molar-refractivity contribution in [2.24, 2.45) is 0 Å². The molecule has 0 saturated carbocycles. The molecule has 1 aliphatic rings. The van der Waals surface area contributed by atoms with Gasteiger partial charge in [0.05, 0.1) is 12.7 Å². The first-order chi connectivity index (χ1) is 8.24. The third-order valence-corrected chi connectivity index (χ3v) is 3.02. The summed E-state index contributed by atoms with van der Waals surface area (Å²) in [5.74, 6) is 0.862. The van der Waals surface area contributed by atoms with Crippen LogP contribution in [0.2, 0.25) is 0 Å². The van der Waals surface area contributed by atoms with Gasteiger partial charge in [0.1, 0.15) is 5.75 Å². The fraction of sp³-hybridized carbons (Fsp3) is 0.538. The highest BCUT2D eigenvalue weighted by Crippen LogP contribution is 2.13. The number of likely N-dealkylation sites (tertiary alicyclic amines) is 1. The average molecular weight is 236 g/mol. The molecule has 0 spiro atoms. The highest BCUT2D eigenvalue weighted by molar-refractivity contribution is 5.41. The van der Waals surface area contributed by atoms with Crippen molar-refractivity contribution < 1.29 is 9.84 Å². The molecule has 1 unspecified atom stereocenters. The number of hydrogen-bond acceptors (Lipinski definition) is 4. The Morgan fingerprint density at radius 3 is 2.76 bits per heavy atom. The van der Waals surface area contributed by atoms with E-state index in [4.69, 9.17) is 10.5 Å². The van der Waals surface area contributed by atoms with Crippen molar-refractivity contribution >= 4 is 5.69 Å². The van der Waals surface area contributed by atoms with Crippen LogP contribution in [0, 0.1) is 0 Å². The lowest BCUT2D eigenvalue weighted by atomic mass is 10.3. The average Bonchev–Trinajstić information content (AvgIpc) is 2.73. The van der Waals surface area contributed by atoms with Gasteiger partial charge in [-0.2, -0.15) is 0 Å². The molecule has 0 aromatic heterocycles. The summed E-state index contributed by atoms with van der Waals surface area (Å²) in [5.41, 5.74) is 6.34. The van der Waals surface area contributed by atoms with E-state index in [-0.39, 0.29) is 6.10 Å². The van der Waals surface area contributed by atoms with Crippen LogP contribution in [0.25, 0.3) is 0 Å². The molecule has 2 rings (SSSR count). The molecule has 0 bridgehead atoms. The quantitative estimate of drug-likeness (QED) is 0.594. The maximum atomic E-state index is 9.38. The van der Waals surface area contributed by atoms with Gasteiger partial charge in [-0.3, -0.25) is 0 Å². The summed E-state index contributed by atoms with van der Waals surface area (Å²) >= 11 is 0. The number of rotatable bonds is 5. The van der Waals surface area contributed by atoms with E-state index in [1.807, 2.05) is 24.3 Å². The van der Waals surface area contributed by atoms with Crippen molar-refractivity contribution in [2.75, 3.05) is 32.0 Å². The van der Waals surface area contributed by atoms with E-state index in [0.29, 0.717) is 6.61 Å². The number of benzene rings is 1. The Kier molecular flexibility index (Phi) is 4.23. The van der Waals surface area contributed by atoms with E-state index < -0.39 is 0 Å². The fourth-order valence-electron chi connectivity index (χ4n) is 2.06. The van der Waals surface area contributed by atoms with E-state index in [1.54, 1.807) is 0 Å². The molecule has 3 N–H and O–H groups in total. The third kappa shape index (κ3) is 3.91. The Bertz CT molecular complexity index is 340. The van der Waals surface area contributed by atoms with Gasteiger partial charge in [0.2, 0.25) is 0 Å². The Hall–Kier alpha value is -1.26. The summed E-state index contributed by atoms with van der Waals surface area (Å²) in [7, 11) is 0. The number of anilines is 1. The van der Waals surface area contributed by atoms with Gasteiger partial charge in [0, 0.05) is 25.3 Å². The van der Waals surface area contributed by atoms with Gasteiger partial charge < -0.3 is 20.5 Å². The van der Waals surface area contributed by atoms with Gasteiger partial charge in [-0.25, -0.2) is 0 Å². The van der Waals surface area contributed by atoms with Gasteiger partial charge in [0.15, 0.2) is 0 Å². The molecular weight excluding hydrogens is 216 g/mol. The van der Waals surface area contributed by atoms with Crippen molar-refractivity contribution in [1.29, 1.82) is 0 Å². The van der Waals surface area contributed by atoms with Crippen molar-refractivity contribution in [1.82, 2.24) is 4.90 Å². The highest BCUT2D eigenvalue weighted by Gasteiger charge is 2.18. The zero-order chi connectivity index (χ0) is 12.1. The Morgan fingerprint density at radius 1 is 1.35 bits per heavy atom. The molecule has 4 nitrogen and oxygen atoms in total. The zero-order valence-electron chi connectivity index (χ0n) is 10.0. The summed E-state index contributed by atoms with van der Waals surface area (Å²) in [4.78, 5) is 2.27. The second-order valence-electron chi connectivity index (χ2n) is 4.51. The second kappa shape index (κ2) is 5.89. The molecule has 0 radical (unpaired) electrons. The molecule has 1 aromatic rings. The summed E-state index contributed by atoms with van der Waals surface area (Å²) < 4.78 is 5.60. The van der Waals surface area contributed by atoms with Crippen LogP contribution >= 0.6 is 0 Å². The zero-order valence-corrected chi connectivity index (χ0v) is 10.0. The Morgan fingerprint density at radius 2 is 2.12 bits per heavy atom. The normalized spacial score (nSPS) is 20.6. The molecule has 94 valence electrons. The number of hydrogen-bond donors (Lipinski definition) is 2. The van der Waals surface area contributed by atoms with E-state index in [9.17, 15) is 5.11 Å². The largest absolute Gasteiger partial charge is 0.494 e. The van der Waals surface area contributed by atoms with Crippen molar-refractivity contribution in [3.8, 4) is 5.75 Å². The van der Waals surface area contributed by atoms with Gasteiger partial charge >= 0.3 is 0 Å². The summed E-state index contributed by atoms with van der Waals surface area (Å²) in [5, 5.41) is 9.38. The van der Waals surface area contributed by atoms with Crippen molar-refractivity contribution in [3.63, 3.8) is 0 Å². The molecule has 1 aromatic carbocycles. The topological polar surface area (TPSA) is 58.7 Å². The predicted octanol–water partition coefficient (Wildman–Crippen LogP) is 1.10. The smallest absolute Gasteiger partial charge is 0.119 e. The number of aliphatic hydroxyl groups excluding tert-OH is 1. The van der Waals surface area contributed by atoms with Gasteiger partial charge in [-0.05, 0) is 37.1 Å². The first kappa shape index (κ1) is 12.2. The lowest BCUT2D eigenvalue weighted by Crippen LogP contribution is -2.24. The molecular formula is C13H20N2O2. The predicted molar refractivity (Wildman–Crippen MR) is 68.0 cm³/mol. The van der Waals surface area contributed by atoms with E-state index in [2.05, 4.69) is 4.90 Å². The Labute approximate surface area is 102 Å². The molecule has 1 aliphatic heterocycles. The van der Waals surface area contributed by atoms with Crippen LogP contribution in [-0.4, -0.2) is 42.4 Å². The van der Waals surface area contributed by atoms with E-state index in [0.717, 1.165) is 43.9 Å². The molecule has 1 fully saturated rings. The van der Waals surface area contributed by atoms with Crippen LogP contribution < -0.4 is 10.5 Å². The number of nitrogen functional groups attached to an aromatic ring is 1. The minimum absolute atomic E-state index is 0.131. The molecule has 0 aliphatic carbocycles. The van der Waals surface area contributed by atoms with Crippen molar-refractivity contribution in [3.05, 3.63) is 24.3 Å². The minimum Gasteiger partial charge on any atom is -0.494 e. The maximum absolute atomic E-state index is 9.38. The van der Waals surface area contributed by atoms with Crippen LogP contribution in [0.5, 0.6) is 5.75 Å². The van der Waals surface area contributed by atoms with Crippen LogP contribution in [0.3, 0.4) is 0 Å². The lowest BCUT2D eigenvalue weighted by Gasteiger charge is -2.14. The number of aliphatic hydroxyl groups is 1. The molecule has 1 heterocycles. The first-order valence-electron chi connectivity index (χ1n) is 6.13. The van der Waals surface area contributed by atoms with Gasteiger partial charge in [0.25, 0.3) is 0 Å². The standard InChI is InChI=1S/C13H20N2O2/c14-11-2-4-13(5-3-11)17-9-1-7-15-8-6-12(16)10-15/h2-5,12,16H,1,6-10,14H2. The number of ether oxygens (including phenoxy) is 1. The van der Waals surface area contributed by atoms with Gasteiger partial charge in [-0.15, -0.1) is 0 Å². The third-order valence-electron chi connectivity index (χ3n) is 3.02. The fourth-order valence-corrected chi connectivity index (χ4v) is 2.06. The van der Waals surface area contributed by atoms with Crippen LogP contribution in [0.15, 0.2) is 24.3 Å². The summed E-state index contributed by atoms with van der Waals surface area (Å²) in [6.07, 6.45) is 1.75. The van der Waals surface area contributed by atoms with Crippen molar-refractivity contribution in [2.45, 2.75) is 18.9 Å². The second-order valence-corrected chi connectivity index (χ2v) is 4.51. The van der Waals surface area contributed by atoms with Gasteiger partial charge in [-0.1, -0.05) is 0 Å². The lowest BCUT2D eigenvalue weighted by molar-refractivity contribution is 0.173. The molecule has 1 atom stereocenters. The highest BCUT2D eigenvalue weighted by atomic mass is 16.5. The minimum atomic E-state index is -0.131. The SMILES string of the molecule is Nc1ccc(OCCCN2CCC(O)C2)cc1. The molecule has 0 amide bonds. The van der Waals surface area contributed by atoms with E-state index >= 15 is 0 Å². The number of nitrogens with zero attached hydrogens (tertiary/aromatic N) is 1. The molecule has 1 saturated heterocycles. The van der Waals surface area contributed by atoms with Crippen LogP contribution in [-0.2, 0) is 0 Å². The summed E-state index contributed by atoms with van der Waals surface area (Å²) in [6, 6.07) is 7.45. The molecule has 17 heavy (non-hydrogen) atoms. The molecule has 4 heteroatoms. The summed E-state index contributed by atoms with van der Waals surface area (Å²) in [6.45, 7) is 3.51. The number of nitrogens with two attached hydrogens (primary N) is 1. The van der Waals surface area contributed by atoms with Crippen LogP contribution in [0.1, 0.15) is 12.8 Å². The maximum Gasteiger partial charge on any atom is 0.119 e. The first-order valence-corrected chi connectivity index (χ1v) is 6.13. The number of β-amino-alcohol motifs (C(OH)–C–C–N with tert-alkyl or cyclic N) is 1.